The van der Waals surface area contributed by atoms with Gasteiger partial charge in [-0.2, -0.15) is 9.50 Å². The quantitative estimate of drug-likeness (QED) is 0.267. The van der Waals surface area contributed by atoms with Crippen molar-refractivity contribution >= 4 is 29.1 Å². The first-order valence-electron chi connectivity index (χ1n) is 8.95. The number of hydrogen-bond acceptors (Lipinski definition) is 6. The third kappa shape index (κ3) is 4.44. The SMILES string of the molecule is CSc1nc2n(Cc3ccc(Cl)nc3)c(C)c/c(=N\OCc3ccccc3)n2n1. The van der Waals surface area contributed by atoms with Crippen molar-refractivity contribution in [1.82, 2.24) is 24.1 Å². The Morgan fingerprint density at radius 1 is 1.14 bits per heavy atom. The number of thioether (sulfide) groups is 1. The van der Waals surface area contributed by atoms with E-state index in [-0.39, 0.29) is 0 Å². The molecule has 3 aromatic heterocycles. The van der Waals surface area contributed by atoms with Crippen LogP contribution in [0.2, 0.25) is 5.15 Å². The molecular formula is C20H19ClN6OS. The van der Waals surface area contributed by atoms with Crippen LogP contribution in [0.15, 0.2) is 65.0 Å². The van der Waals surface area contributed by atoms with Crippen molar-refractivity contribution in [2.24, 2.45) is 5.16 Å². The molecule has 148 valence electrons. The van der Waals surface area contributed by atoms with Gasteiger partial charge in [-0.15, -0.1) is 5.10 Å². The molecule has 3 heterocycles. The number of rotatable bonds is 6. The zero-order valence-electron chi connectivity index (χ0n) is 16.0. The van der Waals surface area contributed by atoms with E-state index in [1.807, 2.05) is 55.6 Å². The number of halogens is 1. The minimum atomic E-state index is 0.386. The largest absolute Gasteiger partial charge is 0.389 e. The smallest absolute Gasteiger partial charge is 0.235 e. The van der Waals surface area contributed by atoms with Crippen molar-refractivity contribution < 1.29 is 4.84 Å². The van der Waals surface area contributed by atoms with Crippen molar-refractivity contribution in [1.29, 1.82) is 0 Å². The molecule has 29 heavy (non-hydrogen) atoms. The first-order chi connectivity index (χ1) is 14.1. The normalized spacial score (nSPS) is 11.9. The van der Waals surface area contributed by atoms with Gasteiger partial charge in [0, 0.05) is 18.0 Å². The molecule has 1 aromatic carbocycles. The van der Waals surface area contributed by atoms with Gasteiger partial charge in [0.05, 0.1) is 6.54 Å². The molecule has 0 spiro atoms. The molecule has 7 nitrogen and oxygen atoms in total. The highest BCUT2D eigenvalue weighted by Crippen LogP contribution is 2.14. The lowest BCUT2D eigenvalue weighted by atomic mass is 10.2. The van der Waals surface area contributed by atoms with Crippen LogP contribution in [0, 0.1) is 6.92 Å². The third-order valence-corrected chi connectivity index (χ3v) is 5.10. The molecule has 4 rings (SSSR count). The van der Waals surface area contributed by atoms with Gasteiger partial charge < -0.3 is 9.40 Å². The van der Waals surface area contributed by atoms with Gasteiger partial charge in [0.2, 0.25) is 10.9 Å². The number of aromatic nitrogens is 5. The molecule has 0 N–H and O–H groups in total. The maximum absolute atomic E-state index is 5.90. The summed E-state index contributed by atoms with van der Waals surface area (Å²) >= 11 is 7.38. The zero-order valence-corrected chi connectivity index (χ0v) is 17.6. The summed E-state index contributed by atoms with van der Waals surface area (Å²) in [7, 11) is 0. The lowest BCUT2D eigenvalue weighted by Crippen LogP contribution is -2.22. The summed E-state index contributed by atoms with van der Waals surface area (Å²) in [5.41, 5.74) is 3.64. The Hall–Kier alpha value is -2.84. The van der Waals surface area contributed by atoms with Crippen molar-refractivity contribution in [2.75, 3.05) is 6.26 Å². The topological polar surface area (TPSA) is 69.6 Å². The van der Waals surface area contributed by atoms with E-state index in [1.165, 1.54) is 11.8 Å². The summed E-state index contributed by atoms with van der Waals surface area (Å²) in [6, 6.07) is 15.6. The summed E-state index contributed by atoms with van der Waals surface area (Å²) in [5.74, 6) is 0.686. The summed E-state index contributed by atoms with van der Waals surface area (Å²) in [4.78, 5) is 14.4. The van der Waals surface area contributed by atoms with Crippen LogP contribution >= 0.6 is 23.4 Å². The first kappa shape index (κ1) is 19.5. The molecule has 0 fully saturated rings. The van der Waals surface area contributed by atoms with Crippen LogP contribution in [0.3, 0.4) is 0 Å². The Morgan fingerprint density at radius 3 is 2.69 bits per heavy atom. The summed E-state index contributed by atoms with van der Waals surface area (Å²) < 4.78 is 3.76. The number of nitrogens with zero attached hydrogens (tertiary/aromatic N) is 6. The van der Waals surface area contributed by atoms with E-state index in [9.17, 15) is 0 Å². The molecule has 0 atom stereocenters. The highest BCUT2D eigenvalue weighted by Gasteiger charge is 2.12. The van der Waals surface area contributed by atoms with Crippen LogP contribution in [0.4, 0.5) is 0 Å². The fourth-order valence-electron chi connectivity index (χ4n) is 2.87. The van der Waals surface area contributed by atoms with Crippen LogP contribution < -0.4 is 5.49 Å². The molecule has 0 aliphatic heterocycles. The molecule has 0 amide bonds. The number of pyridine rings is 1. The van der Waals surface area contributed by atoms with Crippen LogP contribution in [0.25, 0.3) is 5.78 Å². The van der Waals surface area contributed by atoms with Crippen LogP contribution in [0.5, 0.6) is 0 Å². The van der Waals surface area contributed by atoms with Crippen molar-refractivity contribution in [3.63, 3.8) is 0 Å². The second-order valence-corrected chi connectivity index (χ2v) is 7.54. The average Bonchev–Trinajstić information content (AvgIpc) is 3.18. The Morgan fingerprint density at radius 2 is 1.97 bits per heavy atom. The Kier molecular flexibility index (Phi) is 5.82. The fourth-order valence-corrected chi connectivity index (χ4v) is 3.32. The van der Waals surface area contributed by atoms with Gasteiger partial charge in [0.15, 0.2) is 5.49 Å². The third-order valence-electron chi connectivity index (χ3n) is 4.34. The predicted molar refractivity (Wildman–Crippen MR) is 113 cm³/mol. The maximum atomic E-state index is 5.90. The highest BCUT2D eigenvalue weighted by atomic mass is 35.5. The second-order valence-electron chi connectivity index (χ2n) is 6.38. The van der Waals surface area contributed by atoms with Gasteiger partial charge in [-0.05, 0) is 30.4 Å². The van der Waals surface area contributed by atoms with Gasteiger partial charge >= 0.3 is 0 Å². The second kappa shape index (κ2) is 8.67. The minimum Gasteiger partial charge on any atom is -0.389 e. The molecule has 4 aromatic rings. The molecule has 0 aliphatic rings. The predicted octanol–water partition coefficient (Wildman–Crippen LogP) is 3.69. The van der Waals surface area contributed by atoms with E-state index in [0.717, 1.165) is 16.8 Å². The molecular weight excluding hydrogens is 408 g/mol. The van der Waals surface area contributed by atoms with Gasteiger partial charge in [-0.3, -0.25) is 0 Å². The Labute approximate surface area is 177 Å². The Balaban J connectivity index is 1.71. The highest BCUT2D eigenvalue weighted by molar-refractivity contribution is 7.98. The van der Waals surface area contributed by atoms with E-state index >= 15 is 0 Å². The van der Waals surface area contributed by atoms with E-state index in [2.05, 4.69) is 24.8 Å². The zero-order chi connectivity index (χ0) is 20.2. The molecule has 0 aliphatic carbocycles. The fraction of sp³-hybridized carbons (Fsp3) is 0.200. The number of fused-ring (bicyclic) bond motifs is 1. The van der Waals surface area contributed by atoms with Gasteiger partial charge in [0.1, 0.15) is 11.8 Å². The van der Waals surface area contributed by atoms with Gasteiger partial charge in [-0.25, -0.2) is 4.98 Å². The lowest BCUT2D eigenvalue weighted by molar-refractivity contribution is 0.117. The van der Waals surface area contributed by atoms with E-state index in [4.69, 9.17) is 16.4 Å². The van der Waals surface area contributed by atoms with Gasteiger partial charge in [0.25, 0.3) is 0 Å². The van der Waals surface area contributed by atoms with E-state index in [0.29, 0.717) is 34.7 Å². The maximum Gasteiger partial charge on any atom is 0.235 e. The number of benzene rings is 1. The molecule has 0 saturated heterocycles. The first-order valence-corrected chi connectivity index (χ1v) is 10.6. The van der Waals surface area contributed by atoms with Crippen LogP contribution in [-0.4, -0.2) is 30.4 Å². The van der Waals surface area contributed by atoms with E-state index in [1.54, 1.807) is 16.8 Å². The number of hydrogen-bond donors (Lipinski definition) is 0. The minimum absolute atomic E-state index is 0.386. The summed E-state index contributed by atoms with van der Waals surface area (Å²) in [6.45, 7) is 2.99. The van der Waals surface area contributed by atoms with Crippen molar-refractivity contribution in [2.45, 2.75) is 25.2 Å². The van der Waals surface area contributed by atoms with Crippen molar-refractivity contribution in [3.8, 4) is 0 Å². The van der Waals surface area contributed by atoms with E-state index < -0.39 is 0 Å². The molecule has 0 saturated carbocycles. The Bertz CT molecular complexity index is 1190. The molecule has 0 radical (unpaired) electrons. The summed E-state index contributed by atoms with van der Waals surface area (Å²) in [5, 5.41) is 9.99. The monoisotopic (exact) mass is 426 g/mol. The average molecular weight is 427 g/mol. The van der Waals surface area contributed by atoms with Crippen LogP contribution in [-0.2, 0) is 18.0 Å². The molecule has 0 unspecified atom stereocenters. The van der Waals surface area contributed by atoms with Crippen molar-refractivity contribution in [3.05, 3.63) is 82.2 Å². The standard InChI is InChI=1S/C20H19ClN6OS/c1-14-10-18(25-28-13-15-6-4-3-5-7-15)27-20(23-19(24-27)29-2)26(14)12-16-8-9-17(21)22-11-16/h3-11H,12-13H2,1-2H3/b25-18+. The summed E-state index contributed by atoms with van der Waals surface area (Å²) in [6.07, 6.45) is 3.70. The molecule has 0 bridgehead atoms. The molecule has 9 heteroatoms. The number of aryl methyl sites for hydroxylation is 1. The van der Waals surface area contributed by atoms with Gasteiger partial charge in [-0.1, -0.05) is 64.9 Å². The lowest BCUT2D eigenvalue weighted by Gasteiger charge is -2.12. The van der Waals surface area contributed by atoms with Crippen LogP contribution in [0.1, 0.15) is 16.8 Å².